The Kier molecular flexibility index (Phi) is 3.45. The highest BCUT2D eigenvalue weighted by atomic mass is 16.1. The monoisotopic (exact) mass is 294 g/mol. The van der Waals surface area contributed by atoms with Gasteiger partial charge in [0.2, 0.25) is 0 Å². The average Bonchev–Trinajstić information content (AvgIpc) is 2.52. The zero-order chi connectivity index (χ0) is 15.9. The van der Waals surface area contributed by atoms with Gasteiger partial charge in [-0.2, -0.15) is 0 Å². The van der Waals surface area contributed by atoms with Gasteiger partial charge >= 0.3 is 0 Å². The smallest absolute Gasteiger partial charge is 0.182 e. The van der Waals surface area contributed by atoms with Gasteiger partial charge in [0, 0.05) is 17.6 Å². The fraction of sp³-hybridized carbons (Fsp3) is 0.222. The highest BCUT2D eigenvalue weighted by Gasteiger charge is 2.39. The number of rotatable bonds is 2. The molecule has 0 aromatic rings. The first kappa shape index (κ1) is 14.3. The highest BCUT2D eigenvalue weighted by molar-refractivity contribution is 6.20. The minimum absolute atomic E-state index is 0.0338. The molecule has 4 nitrogen and oxygen atoms in total. The Morgan fingerprint density at radius 3 is 2.23 bits per heavy atom. The Balaban J connectivity index is 1.97. The van der Waals surface area contributed by atoms with Crippen molar-refractivity contribution in [2.75, 3.05) is 0 Å². The second kappa shape index (κ2) is 5.30. The lowest BCUT2D eigenvalue weighted by molar-refractivity contribution is -0.127. The lowest BCUT2D eigenvalue weighted by Crippen LogP contribution is -2.36. The van der Waals surface area contributed by atoms with Crippen molar-refractivity contribution in [1.82, 2.24) is 0 Å². The van der Waals surface area contributed by atoms with Crippen molar-refractivity contribution in [2.24, 2.45) is 11.8 Å². The van der Waals surface area contributed by atoms with Crippen LogP contribution in [-0.2, 0) is 19.2 Å². The molecular formula is C18H14O4. The molecular weight excluding hydrogens is 280 g/mol. The molecule has 0 fully saturated rings. The predicted octanol–water partition coefficient (Wildman–Crippen LogP) is 1.84. The van der Waals surface area contributed by atoms with E-state index in [9.17, 15) is 19.2 Å². The van der Waals surface area contributed by atoms with Crippen LogP contribution >= 0.6 is 0 Å². The molecule has 0 radical (unpaired) electrons. The van der Waals surface area contributed by atoms with Gasteiger partial charge in [-0.3, -0.25) is 19.2 Å². The van der Waals surface area contributed by atoms with Gasteiger partial charge in [-0.15, -0.1) is 0 Å². The molecule has 110 valence electrons. The Labute approximate surface area is 127 Å². The van der Waals surface area contributed by atoms with Gasteiger partial charge in [0.05, 0.1) is 11.8 Å². The first-order valence-corrected chi connectivity index (χ1v) is 7.09. The molecule has 0 N–H and O–H groups in total. The van der Waals surface area contributed by atoms with Crippen molar-refractivity contribution < 1.29 is 19.2 Å². The van der Waals surface area contributed by atoms with Crippen LogP contribution in [0.25, 0.3) is 0 Å². The Morgan fingerprint density at radius 1 is 0.909 bits per heavy atom. The van der Waals surface area contributed by atoms with Crippen LogP contribution in [0.5, 0.6) is 0 Å². The van der Waals surface area contributed by atoms with E-state index in [1.807, 2.05) is 0 Å². The molecule has 0 bridgehead atoms. The molecule has 0 aromatic carbocycles. The van der Waals surface area contributed by atoms with Crippen LogP contribution in [0.4, 0.5) is 0 Å². The molecule has 2 atom stereocenters. The fourth-order valence-electron chi connectivity index (χ4n) is 3.00. The third-order valence-corrected chi connectivity index (χ3v) is 4.26. The van der Waals surface area contributed by atoms with Gasteiger partial charge in [0.25, 0.3) is 0 Å². The van der Waals surface area contributed by atoms with Crippen LogP contribution in [0.3, 0.4) is 0 Å². The van der Waals surface area contributed by atoms with Gasteiger partial charge in [0.1, 0.15) is 0 Å². The van der Waals surface area contributed by atoms with Crippen LogP contribution in [0, 0.1) is 11.8 Å². The molecule has 3 aliphatic carbocycles. The predicted molar refractivity (Wildman–Crippen MR) is 79.8 cm³/mol. The summed E-state index contributed by atoms with van der Waals surface area (Å²) in [5.41, 5.74) is 0.993. The third kappa shape index (κ3) is 2.26. The Hall–Kier alpha value is -2.62. The maximum absolute atomic E-state index is 12.6. The fourth-order valence-corrected chi connectivity index (χ4v) is 3.00. The van der Waals surface area contributed by atoms with Gasteiger partial charge in [-0.1, -0.05) is 24.3 Å². The maximum Gasteiger partial charge on any atom is 0.182 e. The summed E-state index contributed by atoms with van der Waals surface area (Å²) in [6.45, 7) is 1.61. The molecule has 0 spiro atoms. The molecule has 0 aliphatic heterocycles. The van der Waals surface area contributed by atoms with Crippen molar-refractivity contribution in [3.05, 3.63) is 59.3 Å². The third-order valence-electron chi connectivity index (χ3n) is 4.26. The normalized spacial score (nSPS) is 27.4. The molecule has 0 amide bonds. The van der Waals surface area contributed by atoms with E-state index in [2.05, 4.69) is 0 Å². The number of ketones is 4. The Morgan fingerprint density at radius 2 is 1.55 bits per heavy atom. The number of allylic oxidation sites excluding steroid dienone is 10. The second-order valence-corrected chi connectivity index (χ2v) is 5.60. The molecule has 3 rings (SSSR count). The van der Waals surface area contributed by atoms with Crippen LogP contribution in [0.2, 0.25) is 0 Å². The summed E-state index contributed by atoms with van der Waals surface area (Å²) in [7, 11) is 0. The lowest BCUT2D eigenvalue weighted by Gasteiger charge is -2.29. The SMILES string of the molecule is CC1=C(CC2=CC(=O)C=CC2=O)C(=O)C2C=CC=CC2C1=O. The molecule has 0 saturated carbocycles. The molecule has 0 saturated heterocycles. The van der Waals surface area contributed by atoms with Crippen molar-refractivity contribution >= 4 is 23.1 Å². The van der Waals surface area contributed by atoms with Crippen LogP contribution in [0.15, 0.2) is 59.3 Å². The van der Waals surface area contributed by atoms with Crippen molar-refractivity contribution in [3.63, 3.8) is 0 Å². The minimum atomic E-state index is -0.498. The van der Waals surface area contributed by atoms with E-state index in [0.29, 0.717) is 11.1 Å². The molecule has 2 unspecified atom stereocenters. The largest absolute Gasteiger partial charge is 0.294 e. The summed E-state index contributed by atoms with van der Waals surface area (Å²) in [6.07, 6.45) is 10.7. The molecule has 4 heteroatoms. The van der Waals surface area contributed by atoms with Gasteiger partial charge < -0.3 is 0 Å². The molecule has 0 heterocycles. The van der Waals surface area contributed by atoms with Crippen LogP contribution < -0.4 is 0 Å². The van der Waals surface area contributed by atoms with Crippen molar-refractivity contribution in [1.29, 1.82) is 0 Å². The second-order valence-electron chi connectivity index (χ2n) is 5.60. The number of hydrogen-bond acceptors (Lipinski definition) is 4. The summed E-state index contributed by atoms with van der Waals surface area (Å²) in [5.74, 6) is -1.74. The number of Topliss-reactive ketones (excluding diaryl/α,β-unsaturated/α-hetero) is 2. The van der Waals surface area contributed by atoms with E-state index in [-0.39, 0.29) is 35.1 Å². The van der Waals surface area contributed by atoms with E-state index in [1.165, 1.54) is 18.2 Å². The van der Waals surface area contributed by atoms with E-state index in [0.717, 1.165) is 0 Å². The van der Waals surface area contributed by atoms with Crippen LogP contribution in [-0.4, -0.2) is 23.1 Å². The molecule has 0 aromatic heterocycles. The summed E-state index contributed by atoms with van der Waals surface area (Å²) in [6, 6.07) is 0. The molecule has 22 heavy (non-hydrogen) atoms. The minimum Gasteiger partial charge on any atom is -0.294 e. The number of carbonyl (C=O) groups excluding carboxylic acids is 4. The van der Waals surface area contributed by atoms with Crippen molar-refractivity contribution in [2.45, 2.75) is 13.3 Å². The van der Waals surface area contributed by atoms with Gasteiger partial charge in [-0.25, -0.2) is 0 Å². The summed E-state index contributed by atoms with van der Waals surface area (Å²) in [4.78, 5) is 48.3. The number of fused-ring (bicyclic) bond motifs is 1. The first-order chi connectivity index (χ1) is 10.5. The summed E-state index contributed by atoms with van der Waals surface area (Å²) in [5, 5.41) is 0. The maximum atomic E-state index is 12.6. The summed E-state index contributed by atoms with van der Waals surface area (Å²) < 4.78 is 0. The summed E-state index contributed by atoms with van der Waals surface area (Å²) >= 11 is 0. The zero-order valence-electron chi connectivity index (χ0n) is 12.0. The van der Waals surface area contributed by atoms with E-state index < -0.39 is 11.8 Å². The van der Waals surface area contributed by atoms with E-state index in [4.69, 9.17) is 0 Å². The van der Waals surface area contributed by atoms with E-state index in [1.54, 1.807) is 31.2 Å². The quantitative estimate of drug-likeness (QED) is 0.729. The highest BCUT2D eigenvalue weighted by Crippen LogP contribution is 2.35. The number of carbonyl (C=O) groups is 4. The Bertz CT molecular complexity index is 756. The van der Waals surface area contributed by atoms with Crippen LogP contribution in [0.1, 0.15) is 13.3 Å². The van der Waals surface area contributed by atoms with E-state index >= 15 is 0 Å². The zero-order valence-corrected chi connectivity index (χ0v) is 12.0. The average molecular weight is 294 g/mol. The number of hydrogen-bond donors (Lipinski definition) is 0. The topological polar surface area (TPSA) is 68.3 Å². The van der Waals surface area contributed by atoms with Gasteiger partial charge in [0.15, 0.2) is 23.1 Å². The van der Waals surface area contributed by atoms with Gasteiger partial charge in [-0.05, 0) is 30.7 Å². The lowest BCUT2D eigenvalue weighted by atomic mass is 9.71. The standard InChI is InChI=1S/C18H14O4/c1-10-15(9-11-8-12(19)6-7-16(11)20)18(22)14-5-3-2-4-13(14)17(10)21/h2-8,13-14H,9H2,1H3. The molecule has 3 aliphatic rings. The van der Waals surface area contributed by atoms with Crippen molar-refractivity contribution in [3.8, 4) is 0 Å². The first-order valence-electron chi connectivity index (χ1n) is 7.09.